The Morgan fingerprint density at radius 2 is 2.12 bits per heavy atom. The van der Waals surface area contributed by atoms with E-state index in [4.69, 9.17) is 1.37 Å². The molecule has 0 spiro atoms. The SMILES string of the molecule is [2H][C@@](O)(CCC)c1cc(C)c(-c2cc3cnc(NC(=O)[C@H]4C[C@H]4F)cc3n3ccnc23)cn1. The number of fused-ring (bicyclic) bond motifs is 3. The first kappa shape index (κ1) is 19.3. The highest BCUT2D eigenvalue weighted by Crippen LogP contribution is 2.35. The van der Waals surface area contributed by atoms with Crippen LogP contribution in [0.4, 0.5) is 10.2 Å². The molecule has 5 rings (SSSR count). The molecule has 1 amide bonds. The molecular formula is C24H24FN5O2. The van der Waals surface area contributed by atoms with E-state index in [2.05, 4.69) is 20.3 Å². The minimum Gasteiger partial charge on any atom is -0.387 e. The molecule has 0 aromatic carbocycles. The third kappa shape index (κ3) is 3.60. The van der Waals surface area contributed by atoms with Crippen molar-refractivity contribution in [1.29, 1.82) is 0 Å². The molecule has 4 heterocycles. The molecule has 1 saturated carbocycles. The first-order valence-corrected chi connectivity index (χ1v) is 10.7. The number of aryl methyl sites for hydroxylation is 1. The third-order valence-corrected chi connectivity index (χ3v) is 5.84. The van der Waals surface area contributed by atoms with E-state index in [-0.39, 0.29) is 12.3 Å². The maximum Gasteiger partial charge on any atom is 0.231 e. The second-order valence-corrected chi connectivity index (χ2v) is 8.24. The average Bonchev–Trinajstić information content (AvgIpc) is 3.30. The third-order valence-electron chi connectivity index (χ3n) is 5.84. The molecule has 164 valence electrons. The number of alkyl halides is 1. The van der Waals surface area contributed by atoms with Crippen LogP contribution in [0.5, 0.6) is 0 Å². The number of anilines is 1. The van der Waals surface area contributed by atoms with Crippen LogP contribution in [-0.4, -0.2) is 36.5 Å². The van der Waals surface area contributed by atoms with E-state index in [1.807, 2.05) is 30.5 Å². The summed E-state index contributed by atoms with van der Waals surface area (Å²) in [5.41, 5.74) is 4.36. The van der Waals surface area contributed by atoms with Crippen LogP contribution in [0, 0.1) is 12.8 Å². The molecule has 0 unspecified atom stereocenters. The van der Waals surface area contributed by atoms with E-state index >= 15 is 0 Å². The Morgan fingerprint density at radius 1 is 1.31 bits per heavy atom. The lowest BCUT2D eigenvalue weighted by atomic mass is 10.00. The number of rotatable bonds is 6. The quantitative estimate of drug-likeness (QED) is 0.470. The minimum atomic E-state index is -1.72. The second-order valence-electron chi connectivity index (χ2n) is 8.24. The van der Waals surface area contributed by atoms with Gasteiger partial charge in [0, 0.05) is 47.4 Å². The van der Waals surface area contributed by atoms with Gasteiger partial charge in [0.05, 0.1) is 24.6 Å². The number of aliphatic hydroxyl groups is 1. The van der Waals surface area contributed by atoms with Crippen LogP contribution in [0.1, 0.15) is 44.9 Å². The number of hydrogen-bond donors (Lipinski definition) is 2. The summed E-state index contributed by atoms with van der Waals surface area (Å²) in [6.07, 6.45) is 5.29. The number of amides is 1. The average molecular weight is 434 g/mol. The molecule has 0 saturated heterocycles. The Hall–Kier alpha value is -3.39. The first-order valence-electron chi connectivity index (χ1n) is 11.2. The summed E-state index contributed by atoms with van der Waals surface area (Å²) >= 11 is 0. The highest BCUT2D eigenvalue weighted by Gasteiger charge is 2.43. The van der Waals surface area contributed by atoms with E-state index in [9.17, 15) is 14.3 Å². The van der Waals surface area contributed by atoms with E-state index < -0.39 is 18.2 Å². The van der Waals surface area contributed by atoms with Crippen molar-refractivity contribution >= 4 is 28.3 Å². The fraction of sp³-hybridized carbons (Fsp3) is 0.333. The monoisotopic (exact) mass is 434 g/mol. The molecule has 0 radical (unpaired) electrons. The standard InChI is InChI=1S/C24H24FN5O2/c1-3-4-21(31)19-7-13(2)17(12-27-19)15-8-14-11-28-22(29-24(32)16-9-18(16)25)10-20(14)30-6-5-26-23(15)30/h5-8,10-12,16,18,21,31H,3-4,9H2,1-2H3,(H,28,29,32)/t16-,18+,21+/m0/s1/i21D. The highest BCUT2D eigenvalue weighted by atomic mass is 19.1. The molecule has 32 heavy (non-hydrogen) atoms. The molecule has 4 aromatic heterocycles. The van der Waals surface area contributed by atoms with Crippen LogP contribution >= 0.6 is 0 Å². The predicted octanol–water partition coefficient (Wildman–Crippen LogP) is 4.38. The number of carbonyl (C=O) groups is 1. The summed E-state index contributed by atoms with van der Waals surface area (Å²) in [7, 11) is 0. The zero-order valence-corrected chi connectivity index (χ0v) is 17.8. The van der Waals surface area contributed by atoms with Crippen molar-refractivity contribution in [3.63, 3.8) is 0 Å². The van der Waals surface area contributed by atoms with Crippen molar-refractivity contribution in [2.24, 2.45) is 5.92 Å². The van der Waals surface area contributed by atoms with Crippen molar-refractivity contribution in [1.82, 2.24) is 19.4 Å². The normalized spacial score (nSPS) is 20.2. The molecular weight excluding hydrogens is 409 g/mol. The van der Waals surface area contributed by atoms with E-state index in [0.29, 0.717) is 30.0 Å². The molecule has 7 nitrogen and oxygen atoms in total. The fourth-order valence-corrected chi connectivity index (χ4v) is 3.97. The van der Waals surface area contributed by atoms with Crippen molar-refractivity contribution in [3.05, 3.63) is 54.2 Å². The molecule has 2 N–H and O–H groups in total. The van der Waals surface area contributed by atoms with E-state index in [0.717, 1.165) is 27.6 Å². The lowest BCUT2D eigenvalue weighted by Crippen LogP contribution is -2.16. The number of imidazole rings is 1. The Balaban J connectivity index is 1.56. The van der Waals surface area contributed by atoms with Crippen LogP contribution in [0.3, 0.4) is 0 Å². The molecule has 1 fully saturated rings. The number of nitrogens with one attached hydrogen (secondary N) is 1. The van der Waals surface area contributed by atoms with Crippen molar-refractivity contribution < 1.29 is 15.7 Å². The van der Waals surface area contributed by atoms with E-state index in [1.165, 1.54) is 0 Å². The van der Waals surface area contributed by atoms with Gasteiger partial charge in [-0.2, -0.15) is 0 Å². The summed E-state index contributed by atoms with van der Waals surface area (Å²) in [5, 5.41) is 13.9. The van der Waals surface area contributed by atoms with Crippen molar-refractivity contribution in [2.45, 2.75) is 45.4 Å². The van der Waals surface area contributed by atoms with Gasteiger partial charge in [0.1, 0.15) is 17.6 Å². The lowest BCUT2D eigenvalue weighted by molar-refractivity contribution is -0.117. The largest absolute Gasteiger partial charge is 0.387 e. The Bertz CT molecular complexity index is 1390. The van der Waals surface area contributed by atoms with Gasteiger partial charge < -0.3 is 10.4 Å². The Labute approximate surface area is 185 Å². The highest BCUT2D eigenvalue weighted by molar-refractivity contribution is 5.97. The van der Waals surface area contributed by atoms with Gasteiger partial charge >= 0.3 is 0 Å². The van der Waals surface area contributed by atoms with Crippen LogP contribution in [0.2, 0.25) is 0 Å². The molecule has 4 aromatic rings. The summed E-state index contributed by atoms with van der Waals surface area (Å²) in [4.78, 5) is 25.3. The Kier molecular flexibility index (Phi) is 4.79. The number of hydrogen-bond acceptors (Lipinski definition) is 5. The first-order chi connectivity index (χ1) is 15.8. The van der Waals surface area contributed by atoms with Gasteiger partial charge in [-0.15, -0.1) is 0 Å². The molecule has 0 aliphatic heterocycles. The summed E-state index contributed by atoms with van der Waals surface area (Å²) in [6, 6.07) is 5.45. The van der Waals surface area contributed by atoms with Gasteiger partial charge in [-0.3, -0.25) is 14.2 Å². The number of aromatic nitrogens is 4. The zero-order chi connectivity index (χ0) is 23.3. The molecule has 0 bridgehead atoms. The summed E-state index contributed by atoms with van der Waals surface area (Å²) in [6.45, 7) is 3.83. The van der Waals surface area contributed by atoms with Gasteiger partial charge in [0.25, 0.3) is 0 Å². The molecule has 8 heteroatoms. The van der Waals surface area contributed by atoms with Crippen molar-refractivity contribution in [2.75, 3.05) is 5.32 Å². The number of halogens is 1. The number of pyridine rings is 3. The van der Waals surface area contributed by atoms with Gasteiger partial charge in [-0.1, -0.05) is 13.3 Å². The predicted molar refractivity (Wildman–Crippen MR) is 120 cm³/mol. The zero-order valence-electron chi connectivity index (χ0n) is 18.8. The number of carbonyl (C=O) groups excluding carboxylic acids is 1. The van der Waals surface area contributed by atoms with Gasteiger partial charge in [-0.05, 0) is 37.5 Å². The van der Waals surface area contributed by atoms with Crippen LogP contribution in [0.15, 0.2) is 43.0 Å². The second kappa shape index (κ2) is 7.94. The van der Waals surface area contributed by atoms with Gasteiger partial charge in [-0.25, -0.2) is 14.4 Å². The molecule has 1 aliphatic carbocycles. The lowest BCUT2D eigenvalue weighted by Gasteiger charge is -2.14. The number of nitrogens with zero attached hydrogens (tertiary/aromatic N) is 4. The summed E-state index contributed by atoms with van der Waals surface area (Å²) < 4.78 is 23.3. The topological polar surface area (TPSA) is 92.4 Å². The van der Waals surface area contributed by atoms with Gasteiger partial charge in [0.15, 0.2) is 0 Å². The smallest absolute Gasteiger partial charge is 0.231 e. The minimum absolute atomic E-state index is 0.261. The van der Waals surface area contributed by atoms with Crippen LogP contribution in [-0.2, 0) is 4.79 Å². The van der Waals surface area contributed by atoms with Crippen molar-refractivity contribution in [3.8, 4) is 11.1 Å². The van der Waals surface area contributed by atoms with E-state index in [1.54, 1.807) is 30.7 Å². The maximum absolute atomic E-state index is 13.2. The van der Waals surface area contributed by atoms with Crippen LogP contribution < -0.4 is 5.32 Å². The molecule has 1 aliphatic rings. The Morgan fingerprint density at radius 3 is 2.84 bits per heavy atom. The maximum atomic E-state index is 13.2. The molecule has 3 atom stereocenters. The van der Waals surface area contributed by atoms with Gasteiger partial charge in [0.2, 0.25) is 5.91 Å². The van der Waals surface area contributed by atoms with Crippen LogP contribution in [0.25, 0.3) is 27.7 Å². The fourth-order valence-electron chi connectivity index (χ4n) is 3.97. The summed E-state index contributed by atoms with van der Waals surface area (Å²) in [5.74, 6) is -0.579.